The van der Waals surface area contributed by atoms with Crippen molar-refractivity contribution in [2.75, 3.05) is 18.0 Å². The number of ether oxygens (including phenoxy) is 1. The summed E-state index contributed by atoms with van der Waals surface area (Å²) in [7, 11) is -2.35. The van der Waals surface area contributed by atoms with E-state index in [0.29, 0.717) is 12.1 Å². The Morgan fingerprint density at radius 3 is 2.18 bits per heavy atom. The highest BCUT2D eigenvalue weighted by Crippen LogP contribution is 2.27. The van der Waals surface area contributed by atoms with E-state index in [1.807, 2.05) is 57.2 Å². The van der Waals surface area contributed by atoms with Crippen molar-refractivity contribution in [2.45, 2.75) is 38.1 Å². The van der Waals surface area contributed by atoms with Crippen LogP contribution in [0.1, 0.15) is 36.1 Å². The van der Waals surface area contributed by atoms with Crippen LogP contribution in [0.5, 0.6) is 5.75 Å². The number of nitrogens with zero attached hydrogens (tertiary/aromatic N) is 1. The molecule has 0 heterocycles. The first kappa shape index (κ1) is 24.3. The highest BCUT2D eigenvalue weighted by molar-refractivity contribution is 7.92. The summed E-state index contributed by atoms with van der Waals surface area (Å²) in [6.07, 6.45) is 0.660. The van der Waals surface area contributed by atoms with Crippen molar-refractivity contribution >= 4 is 21.6 Å². The number of rotatable bonds is 9. The first-order chi connectivity index (χ1) is 15.8. The zero-order chi connectivity index (χ0) is 24.0. The second kappa shape index (κ2) is 10.5. The van der Waals surface area contributed by atoms with E-state index in [9.17, 15) is 13.2 Å². The number of para-hydroxylation sites is 1. The van der Waals surface area contributed by atoms with Gasteiger partial charge in [0, 0.05) is 0 Å². The molecule has 0 radical (unpaired) electrons. The van der Waals surface area contributed by atoms with E-state index < -0.39 is 10.0 Å². The summed E-state index contributed by atoms with van der Waals surface area (Å²) in [5, 5.41) is 2.99. The van der Waals surface area contributed by atoms with Crippen molar-refractivity contribution in [1.82, 2.24) is 5.32 Å². The number of hydrogen-bond acceptors (Lipinski definition) is 4. The Morgan fingerprint density at radius 1 is 0.970 bits per heavy atom. The molecule has 174 valence electrons. The summed E-state index contributed by atoms with van der Waals surface area (Å²) in [5.74, 6) is 0.353. The molecule has 0 spiro atoms. The zero-order valence-corrected chi connectivity index (χ0v) is 20.2. The standard InChI is InChI=1S/C26H30N2O4S/c1-5-24(21-12-14-22(32-4)15-13-21)27-26(29)18-28(25-9-7-6-8-20(25)3)33(30,31)23-16-10-19(2)11-17-23/h6-17,24H,5,18H2,1-4H3,(H,27,29). The van der Waals surface area contributed by atoms with E-state index in [4.69, 9.17) is 4.74 Å². The monoisotopic (exact) mass is 466 g/mol. The van der Waals surface area contributed by atoms with Gasteiger partial charge in [-0.15, -0.1) is 0 Å². The molecule has 3 aromatic carbocycles. The minimum absolute atomic E-state index is 0.145. The number of carbonyl (C=O) groups is 1. The number of benzene rings is 3. The predicted octanol–water partition coefficient (Wildman–Crippen LogP) is 4.77. The minimum atomic E-state index is -3.95. The molecule has 0 aliphatic rings. The number of anilines is 1. The largest absolute Gasteiger partial charge is 0.497 e. The Bertz CT molecular complexity index is 1190. The second-order valence-electron chi connectivity index (χ2n) is 7.91. The molecule has 1 N–H and O–H groups in total. The van der Waals surface area contributed by atoms with Gasteiger partial charge in [-0.25, -0.2) is 8.42 Å². The van der Waals surface area contributed by atoms with Gasteiger partial charge < -0.3 is 10.1 Å². The second-order valence-corrected chi connectivity index (χ2v) is 9.78. The minimum Gasteiger partial charge on any atom is -0.497 e. The molecule has 3 aromatic rings. The van der Waals surface area contributed by atoms with E-state index in [2.05, 4.69) is 5.32 Å². The summed E-state index contributed by atoms with van der Waals surface area (Å²) in [6, 6.07) is 21.0. The topological polar surface area (TPSA) is 75.7 Å². The van der Waals surface area contributed by atoms with E-state index in [1.54, 1.807) is 43.5 Å². The van der Waals surface area contributed by atoms with Crippen molar-refractivity contribution in [2.24, 2.45) is 0 Å². The molecule has 0 aliphatic carbocycles. The normalized spacial score (nSPS) is 12.1. The van der Waals surface area contributed by atoms with E-state index >= 15 is 0 Å². The van der Waals surface area contributed by atoms with Gasteiger partial charge in [0.25, 0.3) is 10.0 Å². The Labute approximate surface area is 196 Å². The van der Waals surface area contributed by atoms with Crippen LogP contribution >= 0.6 is 0 Å². The molecule has 1 amide bonds. The highest BCUT2D eigenvalue weighted by Gasteiger charge is 2.28. The molecule has 6 nitrogen and oxygen atoms in total. The van der Waals surface area contributed by atoms with Crippen molar-refractivity contribution in [3.8, 4) is 5.75 Å². The molecule has 33 heavy (non-hydrogen) atoms. The van der Waals surface area contributed by atoms with Crippen LogP contribution in [0.15, 0.2) is 77.7 Å². The number of methoxy groups -OCH3 is 1. The van der Waals surface area contributed by atoms with Crippen LogP contribution < -0.4 is 14.4 Å². The molecule has 7 heteroatoms. The van der Waals surface area contributed by atoms with Gasteiger partial charge in [-0.2, -0.15) is 0 Å². The van der Waals surface area contributed by atoms with Gasteiger partial charge in [-0.3, -0.25) is 9.10 Å². The Kier molecular flexibility index (Phi) is 7.76. The third-order valence-corrected chi connectivity index (χ3v) is 7.32. The lowest BCUT2D eigenvalue weighted by atomic mass is 10.0. The van der Waals surface area contributed by atoms with Crippen LogP contribution in [-0.4, -0.2) is 28.0 Å². The summed E-state index contributed by atoms with van der Waals surface area (Å²) in [5.41, 5.74) is 3.13. The van der Waals surface area contributed by atoms with Gasteiger partial charge in [-0.1, -0.05) is 55.0 Å². The number of carbonyl (C=O) groups excluding carboxylic acids is 1. The maximum absolute atomic E-state index is 13.6. The number of nitrogens with one attached hydrogen (secondary N) is 1. The fourth-order valence-corrected chi connectivity index (χ4v) is 5.09. The number of hydrogen-bond donors (Lipinski definition) is 1. The average molecular weight is 467 g/mol. The van der Waals surface area contributed by atoms with Crippen LogP contribution in [0, 0.1) is 13.8 Å². The molecular weight excluding hydrogens is 436 g/mol. The maximum atomic E-state index is 13.6. The van der Waals surface area contributed by atoms with Crippen molar-refractivity contribution in [3.05, 3.63) is 89.5 Å². The zero-order valence-electron chi connectivity index (χ0n) is 19.4. The molecule has 0 fully saturated rings. The van der Waals surface area contributed by atoms with Crippen molar-refractivity contribution < 1.29 is 17.9 Å². The average Bonchev–Trinajstić information content (AvgIpc) is 2.82. The number of amides is 1. The molecule has 0 aromatic heterocycles. The van der Waals surface area contributed by atoms with Crippen LogP contribution in [0.4, 0.5) is 5.69 Å². The smallest absolute Gasteiger partial charge is 0.264 e. The van der Waals surface area contributed by atoms with Crippen LogP contribution in [0.2, 0.25) is 0 Å². The van der Waals surface area contributed by atoms with Gasteiger partial charge in [0.1, 0.15) is 12.3 Å². The summed E-state index contributed by atoms with van der Waals surface area (Å²) in [4.78, 5) is 13.2. The first-order valence-corrected chi connectivity index (χ1v) is 12.3. The lowest BCUT2D eigenvalue weighted by Crippen LogP contribution is -2.42. The summed E-state index contributed by atoms with van der Waals surface area (Å²) >= 11 is 0. The highest BCUT2D eigenvalue weighted by atomic mass is 32.2. The lowest BCUT2D eigenvalue weighted by Gasteiger charge is -2.27. The van der Waals surface area contributed by atoms with Crippen LogP contribution in [0.3, 0.4) is 0 Å². The van der Waals surface area contributed by atoms with Gasteiger partial charge in [0.05, 0.1) is 23.7 Å². The van der Waals surface area contributed by atoms with Crippen LogP contribution in [-0.2, 0) is 14.8 Å². The van der Waals surface area contributed by atoms with Crippen LogP contribution in [0.25, 0.3) is 0 Å². The first-order valence-electron chi connectivity index (χ1n) is 10.8. The Balaban J connectivity index is 1.90. The van der Waals surface area contributed by atoms with E-state index in [1.165, 1.54) is 4.31 Å². The number of sulfonamides is 1. The van der Waals surface area contributed by atoms with E-state index in [-0.39, 0.29) is 23.4 Å². The van der Waals surface area contributed by atoms with Gasteiger partial charge in [0.15, 0.2) is 0 Å². The van der Waals surface area contributed by atoms with Crippen molar-refractivity contribution in [3.63, 3.8) is 0 Å². The van der Waals surface area contributed by atoms with Crippen molar-refractivity contribution in [1.29, 1.82) is 0 Å². The molecule has 1 unspecified atom stereocenters. The molecule has 0 saturated heterocycles. The van der Waals surface area contributed by atoms with Gasteiger partial charge in [0.2, 0.25) is 5.91 Å². The Morgan fingerprint density at radius 2 is 1.61 bits per heavy atom. The lowest BCUT2D eigenvalue weighted by molar-refractivity contribution is -0.120. The quantitative estimate of drug-likeness (QED) is 0.493. The SMILES string of the molecule is CCC(NC(=O)CN(c1ccccc1C)S(=O)(=O)c1ccc(C)cc1)c1ccc(OC)cc1. The number of aryl methyl sites for hydroxylation is 2. The molecule has 3 rings (SSSR count). The molecular formula is C26H30N2O4S. The van der Waals surface area contributed by atoms with Gasteiger partial charge in [-0.05, 0) is 61.7 Å². The third-order valence-electron chi connectivity index (χ3n) is 5.54. The molecule has 0 bridgehead atoms. The fraction of sp³-hybridized carbons (Fsp3) is 0.269. The van der Waals surface area contributed by atoms with E-state index in [0.717, 1.165) is 22.4 Å². The molecule has 0 aliphatic heterocycles. The molecule has 0 saturated carbocycles. The fourth-order valence-electron chi connectivity index (χ4n) is 3.61. The van der Waals surface area contributed by atoms with Gasteiger partial charge >= 0.3 is 0 Å². The maximum Gasteiger partial charge on any atom is 0.264 e. The third kappa shape index (κ3) is 5.73. The summed E-state index contributed by atoms with van der Waals surface area (Å²) < 4.78 is 33.5. The Hall–Kier alpha value is -3.32. The predicted molar refractivity (Wildman–Crippen MR) is 131 cm³/mol. The molecule has 1 atom stereocenters. The summed E-state index contributed by atoms with van der Waals surface area (Å²) in [6.45, 7) is 5.37.